The quantitative estimate of drug-likeness (QED) is 0.426. The van der Waals surface area contributed by atoms with Crippen molar-refractivity contribution in [1.29, 1.82) is 0 Å². The fourth-order valence-electron chi connectivity index (χ4n) is 3.51. The molecular weight excluding hydrogens is 344 g/mol. The van der Waals surface area contributed by atoms with Crippen LogP contribution in [0.4, 0.5) is 0 Å². The number of benzene rings is 3. The molecule has 3 aromatic carbocycles. The van der Waals surface area contributed by atoms with Crippen LogP contribution in [0.2, 0.25) is 19.6 Å². The third-order valence-corrected chi connectivity index (χ3v) is 7.13. The van der Waals surface area contributed by atoms with Gasteiger partial charge in [0.25, 0.3) is 0 Å². The van der Waals surface area contributed by atoms with Crippen molar-refractivity contribution in [1.82, 2.24) is 9.97 Å². The first-order valence-corrected chi connectivity index (χ1v) is 12.9. The normalized spacial score (nSPS) is 11.7. The van der Waals surface area contributed by atoms with Crippen molar-refractivity contribution in [3.63, 3.8) is 0 Å². The highest BCUT2D eigenvalue weighted by Crippen LogP contribution is 2.30. The number of aryl methyl sites for hydroxylation is 1. The van der Waals surface area contributed by atoms with Gasteiger partial charge in [0.05, 0.1) is 19.3 Å². The third kappa shape index (κ3) is 3.43. The van der Waals surface area contributed by atoms with Crippen LogP contribution in [0, 0.1) is 6.92 Å². The van der Waals surface area contributed by atoms with Crippen LogP contribution in [0.25, 0.3) is 33.3 Å². The lowest BCUT2D eigenvalue weighted by Gasteiger charge is -2.17. The molecule has 27 heavy (non-hydrogen) atoms. The van der Waals surface area contributed by atoms with Crippen molar-refractivity contribution in [2.75, 3.05) is 0 Å². The average molecular weight is 369 g/mol. The lowest BCUT2D eigenvalue weighted by molar-refractivity contribution is 1.22. The number of fused-ring (bicyclic) bond motifs is 1. The number of aromatic nitrogens is 2. The van der Waals surface area contributed by atoms with Gasteiger partial charge in [0.2, 0.25) is 0 Å². The maximum absolute atomic E-state index is 4.61. The largest absolute Gasteiger partial charge is 0.236 e. The fourth-order valence-corrected chi connectivity index (χ4v) is 4.66. The Morgan fingerprint density at radius 2 is 1.52 bits per heavy atom. The molecule has 4 rings (SSSR count). The molecule has 0 aliphatic heterocycles. The van der Waals surface area contributed by atoms with Crippen molar-refractivity contribution in [2.45, 2.75) is 26.6 Å². The van der Waals surface area contributed by atoms with Gasteiger partial charge in [0.1, 0.15) is 6.33 Å². The van der Waals surface area contributed by atoms with Gasteiger partial charge in [-0.25, -0.2) is 9.97 Å². The summed E-state index contributed by atoms with van der Waals surface area (Å²) in [6.07, 6.45) is 1.69. The number of hydrogen-bond acceptors (Lipinski definition) is 2. The molecule has 0 saturated heterocycles. The fraction of sp³-hybridized carbons (Fsp3) is 0.167. The minimum atomic E-state index is -1.36. The Kier molecular flexibility index (Phi) is 4.40. The van der Waals surface area contributed by atoms with Gasteiger partial charge >= 0.3 is 0 Å². The Morgan fingerprint density at radius 1 is 0.741 bits per heavy atom. The molecule has 0 radical (unpaired) electrons. The number of rotatable bonds is 3. The first-order valence-electron chi connectivity index (χ1n) is 9.35. The van der Waals surface area contributed by atoms with Crippen molar-refractivity contribution >= 4 is 24.2 Å². The maximum Gasteiger partial charge on any atom is 0.116 e. The van der Waals surface area contributed by atoms with Gasteiger partial charge in [-0.1, -0.05) is 79.4 Å². The van der Waals surface area contributed by atoms with E-state index in [4.69, 9.17) is 0 Å². The topological polar surface area (TPSA) is 25.8 Å². The molecule has 0 bridgehead atoms. The average Bonchev–Trinajstić information content (AvgIpc) is 2.67. The molecule has 1 aromatic heterocycles. The van der Waals surface area contributed by atoms with Crippen LogP contribution in [0.3, 0.4) is 0 Å². The van der Waals surface area contributed by atoms with E-state index in [-0.39, 0.29) is 0 Å². The highest BCUT2D eigenvalue weighted by Gasteiger charge is 2.17. The van der Waals surface area contributed by atoms with E-state index < -0.39 is 8.07 Å². The Morgan fingerprint density at radius 3 is 2.22 bits per heavy atom. The van der Waals surface area contributed by atoms with Crippen LogP contribution in [0.15, 0.2) is 73.1 Å². The second kappa shape index (κ2) is 6.75. The van der Waals surface area contributed by atoms with Gasteiger partial charge in [-0.15, -0.1) is 0 Å². The van der Waals surface area contributed by atoms with E-state index in [1.165, 1.54) is 21.9 Å². The molecule has 0 spiro atoms. The molecule has 0 aliphatic carbocycles. The van der Waals surface area contributed by atoms with Crippen molar-refractivity contribution in [2.24, 2.45) is 0 Å². The van der Waals surface area contributed by atoms with Gasteiger partial charge in [-0.3, -0.25) is 0 Å². The molecule has 4 aromatic rings. The smallest absolute Gasteiger partial charge is 0.116 e. The third-order valence-electron chi connectivity index (χ3n) is 5.09. The summed E-state index contributed by atoms with van der Waals surface area (Å²) in [4.78, 5) is 9.15. The van der Waals surface area contributed by atoms with Crippen LogP contribution in [0.5, 0.6) is 0 Å². The zero-order chi connectivity index (χ0) is 19.0. The van der Waals surface area contributed by atoms with E-state index in [1.807, 2.05) is 0 Å². The summed E-state index contributed by atoms with van der Waals surface area (Å²) in [6, 6.07) is 23.8. The van der Waals surface area contributed by atoms with E-state index in [2.05, 4.69) is 103 Å². The van der Waals surface area contributed by atoms with E-state index in [9.17, 15) is 0 Å². The van der Waals surface area contributed by atoms with Gasteiger partial charge in [0, 0.05) is 10.9 Å². The van der Waals surface area contributed by atoms with Crippen LogP contribution in [-0.4, -0.2) is 18.0 Å². The molecule has 1 heterocycles. The molecule has 0 N–H and O–H groups in total. The van der Waals surface area contributed by atoms with Crippen LogP contribution < -0.4 is 5.19 Å². The SMILES string of the molecule is Cc1cc(-c2ncnc3cc([Si](C)(C)C)ccc23)ccc1-c1ccccc1. The summed E-state index contributed by atoms with van der Waals surface area (Å²) in [6.45, 7) is 9.25. The summed E-state index contributed by atoms with van der Waals surface area (Å²) in [7, 11) is -1.36. The molecule has 2 nitrogen and oxygen atoms in total. The van der Waals surface area contributed by atoms with Crippen molar-refractivity contribution < 1.29 is 0 Å². The van der Waals surface area contributed by atoms with Gasteiger partial charge < -0.3 is 0 Å². The van der Waals surface area contributed by atoms with Gasteiger partial charge in [-0.2, -0.15) is 0 Å². The zero-order valence-corrected chi connectivity index (χ0v) is 17.3. The van der Waals surface area contributed by atoms with E-state index in [0.29, 0.717) is 0 Å². The Balaban J connectivity index is 1.82. The van der Waals surface area contributed by atoms with Crippen LogP contribution >= 0.6 is 0 Å². The number of hydrogen-bond donors (Lipinski definition) is 0. The summed E-state index contributed by atoms with van der Waals surface area (Å²) >= 11 is 0. The highest BCUT2D eigenvalue weighted by molar-refractivity contribution is 6.88. The van der Waals surface area contributed by atoms with Crippen LogP contribution in [-0.2, 0) is 0 Å². The molecule has 134 valence electrons. The molecule has 0 fully saturated rings. The zero-order valence-electron chi connectivity index (χ0n) is 16.3. The van der Waals surface area contributed by atoms with Crippen molar-refractivity contribution in [3.05, 3.63) is 78.6 Å². The van der Waals surface area contributed by atoms with E-state index >= 15 is 0 Å². The van der Waals surface area contributed by atoms with Gasteiger partial charge in [0.15, 0.2) is 0 Å². The Hall–Kier alpha value is -2.78. The molecule has 0 saturated carbocycles. The second-order valence-electron chi connectivity index (χ2n) is 8.10. The molecule has 0 unspecified atom stereocenters. The van der Waals surface area contributed by atoms with E-state index in [1.54, 1.807) is 6.33 Å². The van der Waals surface area contributed by atoms with E-state index in [0.717, 1.165) is 22.2 Å². The van der Waals surface area contributed by atoms with Crippen molar-refractivity contribution in [3.8, 4) is 22.4 Å². The van der Waals surface area contributed by atoms with Gasteiger partial charge in [-0.05, 0) is 35.7 Å². The first-order chi connectivity index (χ1) is 12.9. The summed E-state index contributed by atoms with van der Waals surface area (Å²) in [5.74, 6) is 0. The Labute approximate surface area is 162 Å². The van der Waals surface area contributed by atoms with Crippen LogP contribution in [0.1, 0.15) is 5.56 Å². The Bertz CT molecular complexity index is 1110. The second-order valence-corrected chi connectivity index (χ2v) is 13.2. The molecule has 3 heteroatoms. The summed E-state index contributed by atoms with van der Waals surface area (Å²) < 4.78 is 0. The summed E-state index contributed by atoms with van der Waals surface area (Å²) in [5, 5.41) is 2.54. The lowest BCUT2D eigenvalue weighted by Crippen LogP contribution is -2.37. The standard InChI is InChI=1S/C24H24N2Si/c1-17-14-19(10-12-21(17)18-8-6-5-7-9-18)24-22-13-11-20(27(2,3)4)15-23(22)25-16-26-24/h5-16H,1-4H3. The minimum Gasteiger partial charge on any atom is -0.236 e. The number of nitrogens with zero attached hydrogens (tertiary/aromatic N) is 2. The molecule has 0 atom stereocenters. The molecule has 0 aliphatic rings. The first kappa shape index (κ1) is 17.6. The lowest BCUT2D eigenvalue weighted by atomic mass is 9.96. The minimum absolute atomic E-state index is 1.00. The molecular formula is C24H24N2Si. The predicted octanol–water partition coefficient (Wildman–Crippen LogP) is 5.82. The summed E-state index contributed by atoms with van der Waals surface area (Å²) in [5.41, 5.74) is 6.94. The monoisotopic (exact) mass is 368 g/mol. The highest BCUT2D eigenvalue weighted by atomic mass is 28.3. The molecule has 0 amide bonds. The maximum atomic E-state index is 4.61. The predicted molar refractivity (Wildman–Crippen MR) is 118 cm³/mol.